The minimum absolute atomic E-state index is 0.228. The molecule has 1 aliphatic rings. The second-order valence-corrected chi connectivity index (χ2v) is 7.73. The molecule has 3 nitrogen and oxygen atoms in total. The van der Waals surface area contributed by atoms with Crippen molar-refractivity contribution in [2.24, 2.45) is 0 Å². The van der Waals surface area contributed by atoms with Crippen molar-refractivity contribution in [1.82, 2.24) is 5.32 Å². The van der Waals surface area contributed by atoms with Crippen LogP contribution in [0.3, 0.4) is 0 Å². The van der Waals surface area contributed by atoms with Crippen molar-refractivity contribution in [1.29, 1.82) is 0 Å². The molecule has 1 atom stereocenters. The number of benzene rings is 1. The Bertz CT molecular complexity index is 478. The molecule has 1 fully saturated rings. The third kappa shape index (κ3) is 3.80. The Hall–Kier alpha value is -0.390. The van der Waals surface area contributed by atoms with Gasteiger partial charge in [0.05, 0.1) is 10.6 Å². The average molecular weight is 332 g/mol. The molecule has 2 rings (SSSR count). The van der Waals surface area contributed by atoms with Crippen LogP contribution in [0, 0.1) is 0 Å². The Morgan fingerprint density at radius 1 is 1.22 bits per heavy atom. The molecule has 0 amide bonds. The molecular weight excluding hydrogens is 314 g/mol. The van der Waals surface area contributed by atoms with Crippen molar-refractivity contribution < 1.29 is 8.42 Å². The lowest BCUT2D eigenvalue weighted by Gasteiger charge is -2.23. The molecule has 18 heavy (non-hydrogen) atoms. The van der Waals surface area contributed by atoms with Crippen molar-refractivity contribution in [3.8, 4) is 0 Å². The first-order chi connectivity index (χ1) is 8.58. The zero-order chi connectivity index (χ0) is 13.0. The third-order valence-corrected chi connectivity index (χ3v) is 5.61. The SMILES string of the molecule is O=S(=O)(CCC1CCCCN1)c1ccc(Br)cc1. The van der Waals surface area contributed by atoms with Gasteiger partial charge in [-0.3, -0.25) is 0 Å². The molecule has 5 heteroatoms. The van der Waals surface area contributed by atoms with Gasteiger partial charge in [-0.25, -0.2) is 8.42 Å². The Morgan fingerprint density at radius 2 is 1.94 bits per heavy atom. The highest BCUT2D eigenvalue weighted by Gasteiger charge is 2.19. The van der Waals surface area contributed by atoms with E-state index in [9.17, 15) is 8.42 Å². The molecule has 0 spiro atoms. The highest BCUT2D eigenvalue weighted by molar-refractivity contribution is 9.10. The lowest BCUT2D eigenvalue weighted by atomic mass is 10.0. The minimum atomic E-state index is -3.14. The van der Waals surface area contributed by atoms with Gasteiger partial charge in [0.1, 0.15) is 0 Å². The van der Waals surface area contributed by atoms with Crippen LogP contribution in [-0.2, 0) is 9.84 Å². The molecule has 1 aromatic rings. The van der Waals surface area contributed by atoms with E-state index < -0.39 is 9.84 Å². The summed E-state index contributed by atoms with van der Waals surface area (Å²) in [5.74, 6) is 0.228. The van der Waals surface area contributed by atoms with Gasteiger partial charge in [-0.1, -0.05) is 22.4 Å². The zero-order valence-corrected chi connectivity index (χ0v) is 12.6. The quantitative estimate of drug-likeness (QED) is 0.922. The molecule has 1 N–H and O–H groups in total. The molecule has 1 heterocycles. The first-order valence-electron chi connectivity index (χ1n) is 6.30. The summed E-state index contributed by atoms with van der Waals surface area (Å²) < 4.78 is 25.2. The van der Waals surface area contributed by atoms with Gasteiger partial charge in [0.15, 0.2) is 9.84 Å². The van der Waals surface area contributed by atoms with Gasteiger partial charge in [-0.2, -0.15) is 0 Å². The van der Waals surface area contributed by atoms with E-state index in [1.54, 1.807) is 24.3 Å². The van der Waals surface area contributed by atoms with Crippen LogP contribution in [0.2, 0.25) is 0 Å². The Balaban J connectivity index is 1.96. The molecule has 0 aromatic heterocycles. The summed E-state index contributed by atoms with van der Waals surface area (Å²) in [6.45, 7) is 1.02. The average Bonchev–Trinajstić information content (AvgIpc) is 2.38. The number of hydrogen-bond acceptors (Lipinski definition) is 3. The lowest BCUT2D eigenvalue weighted by Crippen LogP contribution is -2.35. The van der Waals surface area contributed by atoms with Crippen LogP contribution < -0.4 is 5.32 Å². The topological polar surface area (TPSA) is 46.2 Å². The van der Waals surface area contributed by atoms with Crippen LogP contribution in [0.5, 0.6) is 0 Å². The maximum atomic E-state index is 12.1. The van der Waals surface area contributed by atoms with Crippen LogP contribution in [0.25, 0.3) is 0 Å². The summed E-state index contributed by atoms with van der Waals surface area (Å²) >= 11 is 3.31. The number of hydrogen-bond donors (Lipinski definition) is 1. The van der Waals surface area contributed by atoms with E-state index in [0.717, 1.165) is 17.4 Å². The van der Waals surface area contributed by atoms with Gasteiger partial charge in [0.25, 0.3) is 0 Å². The van der Waals surface area contributed by atoms with Crippen LogP contribution in [0.15, 0.2) is 33.6 Å². The summed E-state index contributed by atoms with van der Waals surface area (Å²) in [6, 6.07) is 7.22. The van der Waals surface area contributed by atoms with E-state index >= 15 is 0 Å². The van der Waals surface area contributed by atoms with Crippen molar-refractivity contribution in [2.75, 3.05) is 12.3 Å². The molecule has 0 bridgehead atoms. The second kappa shape index (κ2) is 6.17. The second-order valence-electron chi connectivity index (χ2n) is 4.71. The van der Waals surface area contributed by atoms with E-state index in [0.29, 0.717) is 17.4 Å². The maximum Gasteiger partial charge on any atom is 0.178 e. The van der Waals surface area contributed by atoms with E-state index in [-0.39, 0.29) is 5.75 Å². The van der Waals surface area contributed by atoms with Crippen molar-refractivity contribution >= 4 is 25.8 Å². The lowest BCUT2D eigenvalue weighted by molar-refractivity contribution is 0.392. The van der Waals surface area contributed by atoms with Gasteiger partial charge >= 0.3 is 0 Å². The monoisotopic (exact) mass is 331 g/mol. The van der Waals surface area contributed by atoms with Crippen LogP contribution in [-0.4, -0.2) is 26.8 Å². The molecule has 0 aliphatic carbocycles. The van der Waals surface area contributed by atoms with Gasteiger partial charge < -0.3 is 5.32 Å². The summed E-state index contributed by atoms with van der Waals surface area (Å²) in [4.78, 5) is 0.418. The fourth-order valence-electron chi connectivity index (χ4n) is 2.23. The minimum Gasteiger partial charge on any atom is -0.314 e. The highest BCUT2D eigenvalue weighted by Crippen LogP contribution is 2.18. The molecule has 1 unspecified atom stereocenters. The van der Waals surface area contributed by atoms with E-state index in [1.165, 1.54) is 12.8 Å². The van der Waals surface area contributed by atoms with E-state index in [2.05, 4.69) is 21.2 Å². The first-order valence-corrected chi connectivity index (χ1v) is 8.74. The zero-order valence-electron chi connectivity index (χ0n) is 10.2. The van der Waals surface area contributed by atoms with Gasteiger partial charge in [0.2, 0.25) is 0 Å². The summed E-state index contributed by atoms with van der Waals surface area (Å²) in [5, 5.41) is 3.38. The summed E-state index contributed by atoms with van der Waals surface area (Å²) in [6.07, 6.45) is 4.21. The number of sulfone groups is 1. The Morgan fingerprint density at radius 3 is 2.56 bits per heavy atom. The predicted molar refractivity (Wildman–Crippen MR) is 76.5 cm³/mol. The fraction of sp³-hybridized carbons (Fsp3) is 0.538. The molecular formula is C13H18BrNO2S. The standard InChI is InChI=1S/C13H18BrNO2S/c14-11-4-6-13(7-5-11)18(16,17)10-8-12-3-1-2-9-15-12/h4-7,12,15H,1-3,8-10H2. The normalized spacial score (nSPS) is 20.8. The molecule has 1 aromatic carbocycles. The smallest absolute Gasteiger partial charge is 0.178 e. The summed E-state index contributed by atoms with van der Waals surface area (Å²) in [7, 11) is -3.14. The van der Waals surface area contributed by atoms with E-state index in [1.807, 2.05) is 0 Å². The van der Waals surface area contributed by atoms with Gasteiger partial charge in [-0.05, 0) is 50.1 Å². The van der Waals surface area contributed by atoms with Crippen molar-refractivity contribution in [2.45, 2.75) is 36.6 Å². The molecule has 0 saturated carbocycles. The van der Waals surface area contributed by atoms with Gasteiger partial charge in [-0.15, -0.1) is 0 Å². The van der Waals surface area contributed by atoms with Crippen molar-refractivity contribution in [3.05, 3.63) is 28.7 Å². The van der Waals surface area contributed by atoms with Crippen LogP contribution >= 0.6 is 15.9 Å². The first kappa shape index (κ1) is 14.0. The Kier molecular flexibility index (Phi) is 4.81. The van der Waals surface area contributed by atoms with Crippen molar-refractivity contribution in [3.63, 3.8) is 0 Å². The number of piperidine rings is 1. The summed E-state index contributed by atoms with van der Waals surface area (Å²) in [5.41, 5.74) is 0. The fourth-order valence-corrected chi connectivity index (χ4v) is 3.87. The Labute approximate surface area is 117 Å². The maximum absolute atomic E-state index is 12.1. The molecule has 0 radical (unpaired) electrons. The number of halogens is 1. The van der Waals surface area contributed by atoms with Gasteiger partial charge in [0, 0.05) is 10.5 Å². The van der Waals surface area contributed by atoms with Crippen LogP contribution in [0.1, 0.15) is 25.7 Å². The predicted octanol–water partition coefficient (Wildman–Crippen LogP) is 2.76. The third-order valence-electron chi connectivity index (χ3n) is 3.32. The number of nitrogens with one attached hydrogen (secondary N) is 1. The molecule has 100 valence electrons. The van der Waals surface area contributed by atoms with E-state index in [4.69, 9.17) is 0 Å². The number of rotatable bonds is 4. The largest absolute Gasteiger partial charge is 0.314 e. The molecule has 1 saturated heterocycles. The highest BCUT2D eigenvalue weighted by atomic mass is 79.9. The molecule has 1 aliphatic heterocycles. The van der Waals surface area contributed by atoms with Crippen LogP contribution in [0.4, 0.5) is 0 Å².